The van der Waals surface area contributed by atoms with Crippen LogP contribution in [0.1, 0.15) is 0 Å². The van der Waals surface area contributed by atoms with Gasteiger partial charge in [-0.15, -0.1) is 4.91 Å². The Bertz CT molecular complexity index is 610. The number of hydrogen-bond acceptors (Lipinski definition) is 9. The van der Waals surface area contributed by atoms with Crippen LogP contribution in [0.15, 0.2) is 17.4 Å². The number of nitrogens with zero attached hydrogens (tertiary/aromatic N) is 2. The number of nitroso groups, excluding NO2 is 1. The van der Waals surface area contributed by atoms with Gasteiger partial charge in [-0.1, -0.05) is 5.18 Å². The second-order valence-corrected chi connectivity index (χ2v) is 5.52. The number of nitrogens with one attached hydrogen (secondary N) is 4. The second-order valence-electron chi connectivity index (χ2n) is 5.52. The predicted molar refractivity (Wildman–Crippen MR) is 90.9 cm³/mol. The lowest BCUT2D eigenvalue weighted by Crippen LogP contribution is -2.62. The van der Waals surface area contributed by atoms with Gasteiger partial charge in [0.05, 0.1) is 19.5 Å². The number of aromatic nitrogens is 1. The number of ether oxygens (including phenoxy) is 1. The van der Waals surface area contributed by atoms with Gasteiger partial charge in [0, 0.05) is 26.2 Å². The third-order valence-corrected chi connectivity index (χ3v) is 3.87. The molecule has 0 spiro atoms. The number of methoxy groups -OCH3 is 1. The van der Waals surface area contributed by atoms with Crippen LogP contribution in [0.2, 0.25) is 0 Å². The summed E-state index contributed by atoms with van der Waals surface area (Å²) in [6.07, 6.45) is -1.66. The molecule has 0 saturated carbocycles. The van der Waals surface area contributed by atoms with Crippen molar-refractivity contribution in [2.24, 2.45) is 16.8 Å². The summed E-state index contributed by atoms with van der Waals surface area (Å²) in [5, 5.41) is 13.9. The molecule has 2 heterocycles. The Morgan fingerprint density at radius 2 is 2.20 bits per heavy atom. The lowest BCUT2D eigenvalue weighted by molar-refractivity contribution is -0.122. The molecular weight excluding hydrogens is 333 g/mol. The summed E-state index contributed by atoms with van der Waals surface area (Å²) in [6.45, 7) is 0.101. The molecule has 1 aliphatic rings. The summed E-state index contributed by atoms with van der Waals surface area (Å²) in [5.74, 6) is -0.667. The maximum absolute atomic E-state index is 13.2. The van der Waals surface area contributed by atoms with Crippen LogP contribution in [0, 0.1) is 10.8 Å². The molecular formula is C14H22FN7O3. The van der Waals surface area contributed by atoms with E-state index < -0.39 is 30.3 Å². The number of carbonyl (C=O) groups excluding carboxylic acids is 1. The number of rotatable bonds is 7. The first-order chi connectivity index (χ1) is 12.0. The summed E-state index contributed by atoms with van der Waals surface area (Å²) in [6, 6.07) is 1.60. The second kappa shape index (κ2) is 8.65. The van der Waals surface area contributed by atoms with Crippen molar-refractivity contribution < 1.29 is 13.9 Å². The first-order valence-electron chi connectivity index (χ1n) is 7.71. The lowest BCUT2D eigenvalue weighted by Gasteiger charge is -2.33. The highest BCUT2D eigenvalue weighted by atomic mass is 19.1. The normalized spacial score (nSPS) is 22.6. The molecule has 2 rings (SSSR count). The Kier molecular flexibility index (Phi) is 6.56. The van der Waals surface area contributed by atoms with E-state index in [1.807, 2.05) is 0 Å². The molecule has 1 amide bonds. The van der Waals surface area contributed by atoms with Gasteiger partial charge in [0.15, 0.2) is 6.17 Å². The molecule has 0 bridgehead atoms. The molecule has 2 unspecified atom stereocenters. The van der Waals surface area contributed by atoms with Crippen molar-refractivity contribution in [1.82, 2.24) is 15.6 Å². The minimum Gasteiger partial charge on any atom is -0.494 e. The van der Waals surface area contributed by atoms with Gasteiger partial charge in [-0.3, -0.25) is 15.4 Å². The van der Waals surface area contributed by atoms with E-state index in [4.69, 9.17) is 10.5 Å². The monoisotopic (exact) mass is 355 g/mol. The fourth-order valence-electron chi connectivity index (χ4n) is 2.53. The number of carbonyl (C=O) groups is 1. The van der Waals surface area contributed by atoms with E-state index in [1.54, 1.807) is 13.1 Å². The first-order valence-corrected chi connectivity index (χ1v) is 7.71. The number of alkyl halides is 1. The Labute approximate surface area is 144 Å². The average molecular weight is 355 g/mol. The Balaban J connectivity index is 2.18. The summed E-state index contributed by atoms with van der Waals surface area (Å²) < 4.78 is 18.5. The molecule has 1 saturated heterocycles. The van der Waals surface area contributed by atoms with Gasteiger partial charge in [0.2, 0.25) is 5.91 Å². The molecule has 1 fully saturated rings. The maximum atomic E-state index is 13.2. The molecule has 1 aromatic heterocycles. The zero-order chi connectivity index (χ0) is 18.4. The summed E-state index contributed by atoms with van der Waals surface area (Å²) in [4.78, 5) is 27.6. The molecule has 1 aromatic rings. The van der Waals surface area contributed by atoms with Gasteiger partial charge in [0.25, 0.3) is 0 Å². The Hall–Kier alpha value is -2.37. The highest BCUT2D eigenvalue weighted by Gasteiger charge is 2.37. The quantitative estimate of drug-likeness (QED) is 0.416. The molecule has 0 aliphatic carbocycles. The van der Waals surface area contributed by atoms with Gasteiger partial charge in [-0.05, 0) is 0 Å². The molecule has 11 heteroatoms. The summed E-state index contributed by atoms with van der Waals surface area (Å²) in [7, 11) is 3.15. The van der Waals surface area contributed by atoms with Crippen molar-refractivity contribution in [1.29, 1.82) is 0 Å². The minimum atomic E-state index is -1.31. The van der Waals surface area contributed by atoms with Gasteiger partial charge in [-0.2, -0.15) is 0 Å². The van der Waals surface area contributed by atoms with Gasteiger partial charge >= 0.3 is 0 Å². The van der Waals surface area contributed by atoms with E-state index in [0.717, 1.165) is 0 Å². The van der Waals surface area contributed by atoms with Crippen molar-refractivity contribution in [2.75, 3.05) is 37.9 Å². The van der Waals surface area contributed by atoms with Crippen LogP contribution < -0.4 is 31.7 Å². The zero-order valence-electron chi connectivity index (χ0n) is 14.0. The molecule has 1 aliphatic heterocycles. The van der Waals surface area contributed by atoms with E-state index in [2.05, 4.69) is 31.4 Å². The number of amides is 1. The maximum Gasteiger partial charge on any atom is 0.234 e. The van der Waals surface area contributed by atoms with Crippen LogP contribution in [-0.2, 0) is 4.79 Å². The summed E-state index contributed by atoms with van der Waals surface area (Å²) >= 11 is 0. The van der Waals surface area contributed by atoms with E-state index in [-0.39, 0.29) is 13.1 Å². The third kappa shape index (κ3) is 4.59. The average Bonchev–Trinajstić information content (AvgIpc) is 2.63. The fourth-order valence-corrected chi connectivity index (χ4v) is 2.53. The van der Waals surface area contributed by atoms with Crippen LogP contribution in [0.3, 0.4) is 0 Å². The standard InChI is InChI=1S/C14H22FN7O3/c1-17-10-3-9(25-2)8(6-18-10)21-14(23)11(12(16)22-24)13-19-4-7(15)5-20-13/h3,6-7,11-13,19-20H,4-5,16H2,1-2H3,(H,17,18)(H,21,23). The smallest absolute Gasteiger partial charge is 0.234 e. The SMILES string of the molecule is CNc1cc(OC)c(NC(=O)C(C(N)N=O)C2NCC(F)CN2)cn1. The molecule has 10 nitrogen and oxygen atoms in total. The molecule has 2 atom stereocenters. The third-order valence-electron chi connectivity index (χ3n) is 3.87. The van der Waals surface area contributed by atoms with Gasteiger partial charge in [-0.25, -0.2) is 9.37 Å². The minimum absolute atomic E-state index is 0.0504. The number of halogens is 1. The largest absolute Gasteiger partial charge is 0.494 e. The molecule has 0 aromatic carbocycles. The van der Waals surface area contributed by atoms with Crippen LogP contribution in [0.5, 0.6) is 5.75 Å². The fraction of sp³-hybridized carbons (Fsp3) is 0.571. The topological polar surface area (TPSA) is 143 Å². The first kappa shape index (κ1) is 19.0. The van der Waals surface area contributed by atoms with Crippen molar-refractivity contribution in [3.8, 4) is 5.75 Å². The van der Waals surface area contributed by atoms with Crippen LogP contribution in [0.4, 0.5) is 15.9 Å². The van der Waals surface area contributed by atoms with Crippen molar-refractivity contribution in [3.05, 3.63) is 17.2 Å². The number of pyridine rings is 1. The van der Waals surface area contributed by atoms with Gasteiger partial charge in [0.1, 0.15) is 29.3 Å². The predicted octanol–water partition coefficient (Wildman–Crippen LogP) is -0.405. The van der Waals surface area contributed by atoms with E-state index in [9.17, 15) is 14.1 Å². The molecule has 0 radical (unpaired) electrons. The summed E-state index contributed by atoms with van der Waals surface area (Å²) in [5.41, 5.74) is 6.00. The zero-order valence-corrected chi connectivity index (χ0v) is 14.0. The highest BCUT2D eigenvalue weighted by molar-refractivity contribution is 5.94. The van der Waals surface area contributed by atoms with Crippen molar-refractivity contribution >= 4 is 17.4 Å². The lowest BCUT2D eigenvalue weighted by atomic mass is 9.99. The molecule has 25 heavy (non-hydrogen) atoms. The molecule has 6 N–H and O–H groups in total. The number of hydrogen-bond donors (Lipinski definition) is 5. The van der Waals surface area contributed by atoms with E-state index in [1.165, 1.54) is 13.3 Å². The Morgan fingerprint density at radius 1 is 1.52 bits per heavy atom. The highest BCUT2D eigenvalue weighted by Crippen LogP contribution is 2.26. The van der Waals surface area contributed by atoms with Crippen molar-refractivity contribution in [2.45, 2.75) is 18.5 Å². The van der Waals surface area contributed by atoms with Crippen molar-refractivity contribution in [3.63, 3.8) is 0 Å². The number of anilines is 2. The Morgan fingerprint density at radius 3 is 2.76 bits per heavy atom. The van der Waals surface area contributed by atoms with Crippen LogP contribution >= 0.6 is 0 Å². The van der Waals surface area contributed by atoms with Crippen LogP contribution in [0.25, 0.3) is 0 Å². The van der Waals surface area contributed by atoms with E-state index >= 15 is 0 Å². The number of nitrogens with two attached hydrogens (primary N) is 1. The molecule has 138 valence electrons. The van der Waals surface area contributed by atoms with Crippen LogP contribution in [-0.4, -0.2) is 56.6 Å². The van der Waals surface area contributed by atoms with E-state index in [0.29, 0.717) is 17.3 Å². The van der Waals surface area contributed by atoms with Gasteiger partial charge < -0.3 is 21.1 Å².